The Morgan fingerprint density at radius 2 is 2.35 bits per heavy atom. The lowest BCUT2D eigenvalue weighted by Crippen LogP contribution is -2.40. The second-order valence-corrected chi connectivity index (χ2v) is 7.24. The summed E-state index contributed by atoms with van der Waals surface area (Å²) in [4.78, 5) is 6.40. The van der Waals surface area contributed by atoms with E-state index < -0.39 is 10.0 Å². The van der Waals surface area contributed by atoms with Crippen LogP contribution in [-0.2, 0) is 16.6 Å². The average Bonchev–Trinajstić information content (AvgIpc) is 2.39. The fraction of sp³-hybridized carbons (Fsp3) is 0.615. The number of anilines is 1. The van der Waals surface area contributed by atoms with Gasteiger partial charge in [-0.05, 0) is 31.4 Å². The van der Waals surface area contributed by atoms with E-state index in [0.29, 0.717) is 18.3 Å². The maximum absolute atomic E-state index is 11.1. The Labute approximate surface area is 120 Å². The highest BCUT2D eigenvalue weighted by molar-refractivity contribution is 7.88. The summed E-state index contributed by atoms with van der Waals surface area (Å²) < 4.78 is 24.9. The normalized spacial score (nSPS) is 20.9. The van der Waals surface area contributed by atoms with Crippen LogP contribution in [-0.4, -0.2) is 44.2 Å². The first kappa shape index (κ1) is 15.2. The molecule has 1 fully saturated rings. The molecule has 0 unspecified atom stereocenters. The summed E-state index contributed by atoms with van der Waals surface area (Å²) in [6.45, 7) is 3.19. The third kappa shape index (κ3) is 4.73. The van der Waals surface area contributed by atoms with Gasteiger partial charge in [-0.25, -0.2) is 18.1 Å². The van der Waals surface area contributed by atoms with Crippen molar-refractivity contribution < 1.29 is 8.42 Å². The molecule has 7 heteroatoms. The van der Waals surface area contributed by atoms with Crippen molar-refractivity contribution in [1.82, 2.24) is 14.6 Å². The van der Waals surface area contributed by atoms with Crippen molar-refractivity contribution in [2.45, 2.75) is 19.4 Å². The van der Waals surface area contributed by atoms with Crippen LogP contribution in [0, 0.1) is 5.92 Å². The molecule has 1 aliphatic heterocycles. The molecule has 0 aliphatic carbocycles. The lowest BCUT2D eigenvalue weighted by atomic mass is 9.98. The molecule has 0 saturated carbocycles. The molecule has 0 bridgehead atoms. The lowest BCUT2D eigenvalue weighted by Gasteiger charge is -2.32. The predicted molar refractivity (Wildman–Crippen MR) is 79.5 cm³/mol. The molecular formula is C13H22N4O2S. The number of aromatic nitrogens is 1. The number of hydrogen-bond donors (Lipinski definition) is 2. The Hall–Kier alpha value is -1.18. The van der Waals surface area contributed by atoms with Gasteiger partial charge in [-0.15, -0.1) is 0 Å². The van der Waals surface area contributed by atoms with E-state index in [2.05, 4.69) is 14.6 Å². The summed E-state index contributed by atoms with van der Waals surface area (Å²) >= 11 is 0. The van der Waals surface area contributed by atoms with Crippen molar-refractivity contribution in [1.29, 1.82) is 0 Å². The Morgan fingerprint density at radius 1 is 1.55 bits per heavy atom. The van der Waals surface area contributed by atoms with Gasteiger partial charge in [0.2, 0.25) is 10.0 Å². The molecular weight excluding hydrogens is 276 g/mol. The van der Waals surface area contributed by atoms with Crippen LogP contribution in [0.15, 0.2) is 18.3 Å². The SMILES string of the molecule is CS(=O)(=O)NC[C@@H]1CCCN(Cc2cccnc2N)C1. The number of nitrogens with two attached hydrogens (primary N) is 1. The highest BCUT2D eigenvalue weighted by atomic mass is 32.2. The summed E-state index contributed by atoms with van der Waals surface area (Å²) in [5.41, 5.74) is 6.89. The van der Waals surface area contributed by atoms with Gasteiger partial charge in [-0.1, -0.05) is 6.07 Å². The maximum Gasteiger partial charge on any atom is 0.208 e. The van der Waals surface area contributed by atoms with E-state index in [1.807, 2.05) is 12.1 Å². The third-order valence-corrected chi connectivity index (χ3v) is 4.25. The van der Waals surface area contributed by atoms with Crippen molar-refractivity contribution in [3.05, 3.63) is 23.9 Å². The molecule has 3 N–H and O–H groups in total. The van der Waals surface area contributed by atoms with E-state index in [4.69, 9.17) is 5.73 Å². The van der Waals surface area contributed by atoms with Crippen LogP contribution >= 0.6 is 0 Å². The number of rotatable bonds is 5. The zero-order valence-corrected chi connectivity index (χ0v) is 12.6. The Kier molecular flexibility index (Phi) is 4.95. The molecule has 6 nitrogen and oxygen atoms in total. The highest BCUT2D eigenvalue weighted by Gasteiger charge is 2.21. The van der Waals surface area contributed by atoms with Crippen molar-refractivity contribution in [3.8, 4) is 0 Å². The fourth-order valence-corrected chi connectivity index (χ4v) is 3.09. The number of likely N-dealkylation sites (tertiary alicyclic amines) is 1. The molecule has 2 rings (SSSR count). The second kappa shape index (κ2) is 6.51. The van der Waals surface area contributed by atoms with Gasteiger partial charge < -0.3 is 5.73 Å². The molecule has 0 amide bonds. The summed E-state index contributed by atoms with van der Waals surface area (Å²) in [7, 11) is -3.11. The van der Waals surface area contributed by atoms with E-state index in [9.17, 15) is 8.42 Å². The zero-order chi connectivity index (χ0) is 14.6. The predicted octanol–water partition coefficient (Wildman–Crippen LogP) is 0.425. The van der Waals surface area contributed by atoms with Crippen LogP contribution in [0.2, 0.25) is 0 Å². The zero-order valence-electron chi connectivity index (χ0n) is 11.7. The minimum absolute atomic E-state index is 0.358. The Balaban J connectivity index is 1.89. The standard InChI is InChI=1S/C13H22N4O2S/c1-20(18,19)16-8-11-4-3-7-17(9-11)10-12-5-2-6-15-13(12)14/h2,5-6,11,16H,3-4,7-10H2,1H3,(H2,14,15)/t11-/m0/s1. The summed E-state index contributed by atoms with van der Waals surface area (Å²) in [6, 6.07) is 3.87. The molecule has 0 radical (unpaired) electrons. The van der Waals surface area contributed by atoms with Crippen LogP contribution in [0.1, 0.15) is 18.4 Å². The molecule has 1 aliphatic rings. The van der Waals surface area contributed by atoms with Crippen LogP contribution in [0.25, 0.3) is 0 Å². The fourth-order valence-electron chi connectivity index (χ4n) is 2.56. The number of hydrogen-bond acceptors (Lipinski definition) is 5. The molecule has 1 aromatic rings. The van der Waals surface area contributed by atoms with Gasteiger partial charge in [0.1, 0.15) is 5.82 Å². The third-order valence-electron chi connectivity index (χ3n) is 3.56. The van der Waals surface area contributed by atoms with Crippen LogP contribution < -0.4 is 10.5 Å². The second-order valence-electron chi connectivity index (χ2n) is 5.41. The first-order chi connectivity index (χ1) is 9.44. The van der Waals surface area contributed by atoms with Gasteiger partial charge in [0.15, 0.2) is 0 Å². The topological polar surface area (TPSA) is 88.3 Å². The van der Waals surface area contributed by atoms with Crippen molar-refractivity contribution in [2.24, 2.45) is 5.92 Å². The van der Waals surface area contributed by atoms with Gasteiger partial charge >= 0.3 is 0 Å². The maximum atomic E-state index is 11.1. The molecule has 20 heavy (non-hydrogen) atoms. The molecule has 1 saturated heterocycles. The number of nitrogens with zero attached hydrogens (tertiary/aromatic N) is 2. The monoisotopic (exact) mass is 298 g/mol. The number of sulfonamides is 1. The van der Waals surface area contributed by atoms with Crippen molar-refractivity contribution in [3.63, 3.8) is 0 Å². The van der Waals surface area contributed by atoms with Gasteiger partial charge in [-0.2, -0.15) is 0 Å². The smallest absolute Gasteiger partial charge is 0.208 e. The first-order valence-electron chi connectivity index (χ1n) is 6.80. The Bertz CT molecular complexity index is 547. The van der Waals surface area contributed by atoms with E-state index in [1.54, 1.807) is 6.20 Å². The number of pyridine rings is 1. The van der Waals surface area contributed by atoms with Crippen LogP contribution in [0.3, 0.4) is 0 Å². The summed E-state index contributed by atoms with van der Waals surface area (Å²) in [5, 5.41) is 0. The molecule has 0 spiro atoms. The highest BCUT2D eigenvalue weighted by Crippen LogP contribution is 2.19. The average molecular weight is 298 g/mol. The van der Waals surface area contributed by atoms with Crippen LogP contribution in [0.4, 0.5) is 5.82 Å². The minimum Gasteiger partial charge on any atom is -0.383 e. The minimum atomic E-state index is -3.11. The molecule has 112 valence electrons. The van der Waals surface area contributed by atoms with Gasteiger partial charge in [-0.3, -0.25) is 4.90 Å². The van der Waals surface area contributed by atoms with E-state index >= 15 is 0 Å². The molecule has 0 aromatic carbocycles. The van der Waals surface area contributed by atoms with Crippen LogP contribution in [0.5, 0.6) is 0 Å². The van der Waals surface area contributed by atoms with Gasteiger partial charge in [0.05, 0.1) is 6.26 Å². The molecule has 1 aromatic heterocycles. The van der Waals surface area contributed by atoms with E-state index in [0.717, 1.165) is 38.0 Å². The number of piperidine rings is 1. The van der Waals surface area contributed by atoms with Crippen molar-refractivity contribution >= 4 is 15.8 Å². The Morgan fingerprint density at radius 3 is 3.05 bits per heavy atom. The molecule has 1 atom stereocenters. The first-order valence-corrected chi connectivity index (χ1v) is 8.69. The number of nitrogens with one attached hydrogen (secondary N) is 1. The summed E-state index contributed by atoms with van der Waals surface area (Å²) in [5.74, 6) is 0.931. The van der Waals surface area contributed by atoms with Crippen molar-refractivity contribution in [2.75, 3.05) is 31.6 Å². The quantitative estimate of drug-likeness (QED) is 0.823. The summed E-state index contributed by atoms with van der Waals surface area (Å²) in [6.07, 6.45) is 5.02. The van der Waals surface area contributed by atoms with E-state index in [-0.39, 0.29) is 0 Å². The largest absolute Gasteiger partial charge is 0.383 e. The molecule has 2 heterocycles. The van der Waals surface area contributed by atoms with Gasteiger partial charge in [0.25, 0.3) is 0 Å². The number of nitrogen functional groups attached to an aromatic ring is 1. The van der Waals surface area contributed by atoms with E-state index in [1.165, 1.54) is 6.26 Å². The lowest BCUT2D eigenvalue weighted by molar-refractivity contribution is 0.169. The van der Waals surface area contributed by atoms with Gasteiger partial charge in [0, 0.05) is 31.4 Å².